The molecule has 2 fully saturated rings. The number of benzene rings is 1. The van der Waals surface area contributed by atoms with E-state index < -0.39 is 0 Å². The Balaban J connectivity index is 1.38. The molecule has 5 heterocycles. The Hall–Kier alpha value is -3.37. The van der Waals surface area contributed by atoms with Crippen molar-refractivity contribution >= 4 is 51.7 Å². The van der Waals surface area contributed by atoms with Crippen LogP contribution >= 0.6 is 24.0 Å². The molecule has 0 N–H and O–H groups in total. The molecule has 6 rings (SSSR count). The number of thiocarbonyl (C=S) groups is 1. The molecule has 1 amide bonds. The zero-order valence-corrected chi connectivity index (χ0v) is 22.2. The standard InChI is InChI=1S/C27H26N4O4S2/c1-16-5-3-9-29(13-16)24-19(25(32)30-10-4-6-17(2)23(30)28-24)12-22-26(33)31(27(36)37-22)14-18-7-8-20-21(11-18)35-15-34-20/h4,6-8,10-12,16H,3,5,9,13-15H2,1-2H3. The maximum atomic E-state index is 13.7. The summed E-state index contributed by atoms with van der Waals surface area (Å²) in [5.41, 5.74) is 2.66. The first-order valence-corrected chi connectivity index (χ1v) is 13.5. The molecule has 3 aliphatic heterocycles. The van der Waals surface area contributed by atoms with Crippen LogP contribution in [-0.4, -0.2) is 44.4 Å². The summed E-state index contributed by atoms with van der Waals surface area (Å²) in [6, 6.07) is 9.38. The van der Waals surface area contributed by atoms with Crippen LogP contribution in [0.1, 0.15) is 36.5 Å². The van der Waals surface area contributed by atoms with Crippen LogP contribution in [0.4, 0.5) is 5.82 Å². The van der Waals surface area contributed by atoms with Crippen LogP contribution in [0.5, 0.6) is 11.5 Å². The molecular weight excluding hydrogens is 508 g/mol. The maximum Gasteiger partial charge on any atom is 0.267 e. The van der Waals surface area contributed by atoms with Gasteiger partial charge >= 0.3 is 0 Å². The Bertz CT molecular complexity index is 1530. The number of nitrogens with zero attached hydrogens (tertiary/aromatic N) is 4. The third kappa shape index (κ3) is 4.38. The Labute approximate surface area is 223 Å². The third-order valence-corrected chi connectivity index (χ3v) is 8.33. The molecule has 37 heavy (non-hydrogen) atoms. The molecular formula is C27H26N4O4S2. The largest absolute Gasteiger partial charge is 0.454 e. The molecule has 2 aromatic heterocycles. The lowest BCUT2D eigenvalue weighted by Crippen LogP contribution is -2.37. The van der Waals surface area contributed by atoms with E-state index in [1.807, 2.05) is 37.3 Å². The molecule has 3 aliphatic rings. The van der Waals surface area contributed by atoms with E-state index in [0.717, 1.165) is 37.1 Å². The number of anilines is 1. The molecule has 1 atom stereocenters. The molecule has 0 spiro atoms. The van der Waals surface area contributed by atoms with E-state index in [0.29, 0.717) is 50.2 Å². The van der Waals surface area contributed by atoms with Gasteiger partial charge in [-0.3, -0.25) is 18.9 Å². The summed E-state index contributed by atoms with van der Waals surface area (Å²) in [6.07, 6.45) is 5.59. The fourth-order valence-corrected chi connectivity index (χ4v) is 6.28. The number of carbonyl (C=O) groups is 1. The maximum absolute atomic E-state index is 13.7. The van der Waals surface area contributed by atoms with Gasteiger partial charge in [-0.1, -0.05) is 43.0 Å². The first-order chi connectivity index (χ1) is 17.9. The van der Waals surface area contributed by atoms with E-state index in [9.17, 15) is 9.59 Å². The van der Waals surface area contributed by atoms with Crippen LogP contribution < -0.4 is 19.9 Å². The second kappa shape index (κ2) is 9.50. The number of ether oxygens (including phenoxy) is 2. The Morgan fingerprint density at radius 2 is 2.05 bits per heavy atom. The van der Waals surface area contributed by atoms with Gasteiger partial charge in [-0.2, -0.15) is 0 Å². The Morgan fingerprint density at radius 3 is 2.89 bits per heavy atom. The number of fused-ring (bicyclic) bond motifs is 2. The number of piperidine rings is 1. The highest BCUT2D eigenvalue weighted by atomic mass is 32.2. The van der Waals surface area contributed by atoms with Crippen LogP contribution in [-0.2, 0) is 11.3 Å². The first kappa shape index (κ1) is 24.0. The van der Waals surface area contributed by atoms with Crippen molar-refractivity contribution in [3.63, 3.8) is 0 Å². The summed E-state index contributed by atoms with van der Waals surface area (Å²) in [6.45, 7) is 6.31. The van der Waals surface area contributed by atoms with Crippen molar-refractivity contribution < 1.29 is 14.3 Å². The summed E-state index contributed by atoms with van der Waals surface area (Å²) >= 11 is 6.78. The molecule has 0 aliphatic carbocycles. The van der Waals surface area contributed by atoms with E-state index in [2.05, 4.69) is 11.8 Å². The molecule has 3 aromatic rings. The van der Waals surface area contributed by atoms with Crippen LogP contribution in [0.25, 0.3) is 11.7 Å². The van der Waals surface area contributed by atoms with E-state index in [4.69, 9.17) is 26.7 Å². The second-order valence-electron chi connectivity index (χ2n) is 9.69. The van der Waals surface area contributed by atoms with E-state index >= 15 is 0 Å². The number of amides is 1. The second-order valence-corrected chi connectivity index (χ2v) is 11.4. The molecule has 0 saturated carbocycles. The van der Waals surface area contributed by atoms with Crippen molar-refractivity contribution in [1.29, 1.82) is 0 Å². The van der Waals surface area contributed by atoms with Crippen LogP contribution in [0.2, 0.25) is 0 Å². The minimum atomic E-state index is -0.223. The molecule has 8 nitrogen and oxygen atoms in total. The van der Waals surface area contributed by atoms with Crippen LogP contribution in [0.3, 0.4) is 0 Å². The van der Waals surface area contributed by atoms with Gasteiger partial charge in [-0.25, -0.2) is 4.98 Å². The summed E-state index contributed by atoms with van der Waals surface area (Å²) in [7, 11) is 0. The number of pyridine rings is 1. The average Bonchev–Trinajstić information content (AvgIpc) is 3.45. The number of carbonyl (C=O) groups excluding carboxylic acids is 1. The normalized spacial score (nSPS) is 20.5. The van der Waals surface area contributed by atoms with Crippen molar-refractivity contribution in [3.05, 3.63) is 68.5 Å². The third-order valence-electron chi connectivity index (χ3n) is 6.95. The minimum Gasteiger partial charge on any atom is -0.454 e. The molecule has 1 aromatic carbocycles. The first-order valence-electron chi connectivity index (χ1n) is 12.3. The van der Waals surface area contributed by atoms with Gasteiger partial charge in [0, 0.05) is 19.3 Å². The van der Waals surface area contributed by atoms with Crippen LogP contribution in [0, 0.1) is 12.8 Å². The van der Waals surface area contributed by atoms with Crippen molar-refractivity contribution in [2.24, 2.45) is 5.92 Å². The number of aryl methyl sites for hydroxylation is 1. The predicted molar refractivity (Wildman–Crippen MR) is 148 cm³/mol. The fourth-order valence-electron chi connectivity index (χ4n) is 5.04. The van der Waals surface area contributed by atoms with E-state index in [-0.39, 0.29) is 18.3 Å². The van der Waals surface area contributed by atoms with Gasteiger partial charge in [0.2, 0.25) is 6.79 Å². The lowest BCUT2D eigenvalue weighted by molar-refractivity contribution is -0.122. The highest BCUT2D eigenvalue weighted by molar-refractivity contribution is 8.26. The van der Waals surface area contributed by atoms with E-state index in [1.165, 1.54) is 11.8 Å². The van der Waals surface area contributed by atoms with Crippen molar-refractivity contribution in [2.45, 2.75) is 33.2 Å². The number of hydrogen-bond donors (Lipinski definition) is 0. The van der Waals surface area contributed by atoms with Gasteiger partial charge in [0.15, 0.2) is 11.5 Å². The molecule has 190 valence electrons. The monoisotopic (exact) mass is 534 g/mol. The summed E-state index contributed by atoms with van der Waals surface area (Å²) in [4.78, 5) is 36.3. The van der Waals surface area contributed by atoms with Crippen molar-refractivity contribution in [1.82, 2.24) is 14.3 Å². The zero-order valence-electron chi connectivity index (χ0n) is 20.6. The van der Waals surface area contributed by atoms with Gasteiger partial charge in [-0.15, -0.1) is 0 Å². The SMILES string of the molecule is Cc1cccn2c(=O)c(C=C3SC(=S)N(Cc4ccc5c(c4)OCO5)C3=O)c(N3CCCC(C)C3)nc12. The van der Waals surface area contributed by atoms with Gasteiger partial charge in [-0.05, 0) is 61.1 Å². The topological polar surface area (TPSA) is 76.4 Å². The van der Waals surface area contributed by atoms with Crippen molar-refractivity contribution in [2.75, 3.05) is 24.8 Å². The lowest BCUT2D eigenvalue weighted by Gasteiger charge is -2.32. The van der Waals surface area contributed by atoms with Gasteiger partial charge < -0.3 is 14.4 Å². The Morgan fingerprint density at radius 1 is 1.22 bits per heavy atom. The number of aromatic nitrogens is 2. The van der Waals surface area contributed by atoms with Crippen molar-refractivity contribution in [3.8, 4) is 11.5 Å². The highest BCUT2D eigenvalue weighted by Crippen LogP contribution is 2.37. The number of thioether (sulfide) groups is 1. The zero-order chi connectivity index (χ0) is 25.7. The number of hydrogen-bond acceptors (Lipinski definition) is 8. The highest BCUT2D eigenvalue weighted by Gasteiger charge is 2.33. The smallest absolute Gasteiger partial charge is 0.267 e. The van der Waals surface area contributed by atoms with Gasteiger partial charge in [0.25, 0.3) is 11.5 Å². The fraction of sp³-hybridized carbons (Fsp3) is 0.333. The number of rotatable bonds is 4. The average molecular weight is 535 g/mol. The van der Waals surface area contributed by atoms with Crippen LogP contribution in [0.15, 0.2) is 46.2 Å². The van der Waals surface area contributed by atoms with E-state index in [1.54, 1.807) is 21.6 Å². The van der Waals surface area contributed by atoms with Gasteiger partial charge in [0.1, 0.15) is 15.8 Å². The molecule has 10 heteroatoms. The quantitative estimate of drug-likeness (QED) is 0.361. The summed E-state index contributed by atoms with van der Waals surface area (Å²) in [5.74, 6) is 2.25. The lowest BCUT2D eigenvalue weighted by atomic mass is 10.00. The minimum absolute atomic E-state index is 0.190. The Kier molecular flexibility index (Phi) is 6.16. The molecule has 0 radical (unpaired) electrons. The molecule has 2 saturated heterocycles. The molecule has 1 unspecified atom stereocenters. The summed E-state index contributed by atoms with van der Waals surface area (Å²) in [5, 5.41) is 0. The summed E-state index contributed by atoms with van der Waals surface area (Å²) < 4.78 is 12.9. The predicted octanol–water partition coefficient (Wildman–Crippen LogP) is 4.37. The molecule has 0 bridgehead atoms. The van der Waals surface area contributed by atoms with Gasteiger partial charge in [0.05, 0.1) is 17.0 Å².